The Labute approximate surface area is 315 Å². The Morgan fingerprint density at radius 1 is 1.09 bits per heavy atom. The first-order valence-electron chi connectivity index (χ1n) is 18.2. The minimum absolute atomic E-state index is 0.0253. The van der Waals surface area contributed by atoms with Crippen molar-refractivity contribution in [3.8, 4) is 28.7 Å². The highest BCUT2D eigenvalue weighted by molar-refractivity contribution is 6.43. The smallest absolute Gasteiger partial charge is 0.226 e. The average molecular weight is 757 g/mol. The largest absolute Gasteiger partial charge is 0.497 e. The Balaban J connectivity index is 1.24. The topological polar surface area (TPSA) is 92.4 Å². The minimum atomic E-state index is -0.515. The van der Waals surface area contributed by atoms with Gasteiger partial charge in [0.25, 0.3) is 0 Å². The highest BCUT2D eigenvalue weighted by Gasteiger charge is 2.51. The number of nitrogens with zero attached hydrogens (tertiary/aromatic N) is 4. The minimum Gasteiger partial charge on any atom is -0.497 e. The maximum Gasteiger partial charge on any atom is 0.226 e. The molecule has 0 spiro atoms. The number of likely N-dealkylation sites (tertiary alicyclic amines) is 1. The summed E-state index contributed by atoms with van der Waals surface area (Å²) in [6.07, 6.45) is 3.32. The summed E-state index contributed by atoms with van der Waals surface area (Å²) < 4.78 is 45.7. The van der Waals surface area contributed by atoms with Crippen molar-refractivity contribution in [1.29, 1.82) is 5.26 Å². The van der Waals surface area contributed by atoms with E-state index in [4.69, 9.17) is 37.7 Å². The van der Waals surface area contributed by atoms with Crippen molar-refractivity contribution in [2.45, 2.75) is 69.7 Å². The fraction of sp³-hybridized carbons (Fsp3) is 0.390. The SMILES string of the molecule is COc1cc(F)cc(O[C@H]2C[C@H](c3cc4c(C)nc5c(F)c(-c6cccc(Cl)c6Cl)c(CCC#N)cc5c4n3[C@H]3[C@H]4CN[C@@H]3C4)N(C(=O)C3CC3)C2)c1. The van der Waals surface area contributed by atoms with Crippen LogP contribution in [-0.2, 0) is 11.2 Å². The van der Waals surface area contributed by atoms with Crippen LogP contribution in [0.4, 0.5) is 8.78 Å². The van der Waals surface area contributed by atoms with Gasteiger partial charge in [-0.1, -0.05) is 35.3 Å². The number of halogens is 4. The van der Waals surface area contributed by atoms with Gasteiger partial charge >= 0.3 is 0 Å². The molecular weight excluding hydrogens is 719 g/mol. The molecule has 10 rings (SSSR count). The fourth-order valence-corrected chi connectivity index (χ4v) is 9.38. The second-order valence-electron chi connectivity index (χ2n) is 14.9. The van der Waals surface area contributed by atoms with Gasteiger partial charge in [0.05, 0.1) is 47.4 Å². The van der Waals surface area contributed by atoms with E-state index in [0.29, 0.717) is 69.6 Å². The van der Waals surface area contributed by atoms with Crippen molar-refractivity contribution in [3.05, 3.63) is 87.2 Å². The van der Waals surface area contributed by atoms with E-state index >= 15 is 4.39 Å². The van der Waals surface area contributed by atoms with Crippen LogP contribution in [-0.4, -0.2) is 52.7 Å². The standard InChI is InChI=1S/C41H37Cl2F2N5O3/c1-20-29-17-34(33-16-27(19-49(33)41(51)21-8-9-21)53-26-14-24(44)13-25(15-26)52-2)50(39-23-12-32(39)47-18-23)40(29)30-11-22(5-4-10-46)35(37(45)38(30)48-20)28-6-3-7-31(42)36(28)43/h3,6-7,11,13-15,17,21,23,27,32-33,39,47H,4-5,8-9,12,16,18-19H2,1-2H3/t23-,27+,32-,33-,39+/m1/s1. The molecule has 2 aromatic heterocycles. The van der Waals surface area contributed by atoms with E-state index in [1.165, 1.54) is 19.2 Å². The molecule has 2 aliphatic carbocycles. The van der Waals surface area contributed by atoms with Crippen molar-refractivity contribution in [2.75, 3.05) is 20.2 Å². The van der Waals surface area contributed by atoms with Crippen molar-refractivity contribution in [1.82, 2.24) is 19.8 Å². The summed E-state index contributed by atoms with van der Waals surface area (Å²) in [5.41, 5.74) is 4.08. The lowest BCUT2D eigenvalue weighted by Crippen LogP contribution is -2.41. The molecule has 5 aliphatic rings. The fourth-order valence-electron chi connectivity index (χ4n) is 8.99. The third-order valence-corrected chi connectivity index (χ3v) is 12.4. The molecule has 8 nitrogen and oxygen atoms in total. The molecule has 2 bridgehead atoms. The number of nitrogens with one attached hydrogen (secondary N) is 1. The van der Waals surface area contributed by atoms with E-state index in [2.05, 4.69) is 22.0 Å². The van der Waals surface area contributed by atoms with Gasteiger partial charge < -0.3 is 24.3 Å². The summed E-state index contributed by atoms with van der Waals surface area (Å²) >= 11 is 13.1. The number of aryl methyl sites for hydroxylation is 2. The Morgan fingerprint density at radius 3 is 2.62 bits per heavy atom. The number of benzene rings is 3. The zero-order valence-corrected chi connectivity index (χ0v) is 30.8. The van der Waals surface area contributed by atoms with E-state index in [9.17, 15) is 14.4 Å². The van der Waals surface area contributed by atoms with Crippen molar-refractivity contribution >= 4 is 50.9 Å². The lowest BCUT2D eigenvalue weighted by atomic mass is 9.79. The maximum atomic E-state index is 17.2. The first kappa shape index (κ1) is 34.3. The van der Waals surface area contributed by atoms with Gasteiger partial charge in [-0.05, 0) is 62.3 Å². The van der Waals surface area contributed by atoms with Gasteiger partial charge in [-0.2, -0.15) is 5.26 Å². The average Bonchev–Trinajstić information content (AvgIpc) is 3.42. The molecule has 3 aliphatic heterocycles. The zero-order valence-electron chi connectivity index (χ0n) is 29.3. The number of carbonyl (C=O) groups excluding carboxylic acids is 1. The number of rotatable bonds is 9. The van der Waals surface area contributed by atoms with Crippen molar-refractivity contribution < 1.29 is 23.0 Å². The Morgan fingerprint density at radius 2 is 1.91 bits per heavy atom. The number of carbonyl (C=O) groups is 1. The van der Waals surface area contributed by atoms with Crippen LogP contribution in [0.15, 0.2) is 48.5 Å². The maximum absolute atomic E-state index is 17.2. The summed E-state index contributed by atoms with van der Waals surface area (Å²) in [5.74, 6) is 0.148. The van der Waals surface area contributed by atoms with Crippen LogP contribution >= 0.6 is 23.2 Å². The summed E-state index contributed by atoms with van der Waals surface area (Å²) in [6, 6.07) is 15.7. The normalized spacial score (nSPS) is 23.4. The number of methoxy groups -OCH3 is 1. The number of hydrogen-bond donors (Lipinski definition) is 1. The summed E-state index contributed by atoms with van der Waals surface area (Å²) in [6.45, 7) is 3.12. The molecule has 1 amide bonds. The Bertz CT molecular complexity index is 2360. The third kappa shape index (κ3) is 5.71. The summed E-state index contributed by atoms with van der Waals surface area (Å²) in [5, 5.41) is 15.3. The third-order valence-electron chi connectivity index (χ3n) is 11.6. The molecule has 0 radical (unpaired) electrons. The molecule has 12 heteroatoms. The van der Waals surface area contributed by atoms with Crippen LogP contribution in [0.1, 0.15) is 61.1 Å². The van der Waals surface area contributed by atoms with E-state index in [1.54, 1.807) is 24.3 Å². The Hall–Kier alpha value is -4.43. The van der Waals surface area contributed by atoms with Gasteiger partial charge in [-0.15, -0.1) is 0 Å². The van der Waals surface area contributed by atoms with Gasteiger partial charge in [0, 0.05) is 82.8 Å². The van der Waals surface area contributed by atoms with E-state index in [0.717, 1.165) is 42.4 Å². The number of amides is 1. The van der Waals surface area contributed by atoms with Crippen LogP contribution in [0.3, 0.4) is 0 Å². The lowest BCUT2D eigenvalue weighted by Gasteiger charge is -2.39. The number of nitriles is 1. The van der Waals surface area contributed by atoms with Crippen molar-refractivity contribution in [2.24, 2.45) is 11.8 Å². The molecule has 53 heavy (non-hydrogen) atoms. The first-order chi connectivity index (χ1) is 25.6. The van der Waals surface area contributed by atoms with E-state index in [1.807, 2.05) is 17.9 Å². The predicted molar refractivity (Wildman–Crippen MR) is 199 cm³/mol. The molecule has 5 heterocycles. The summed E-state index contributed by atoms with van der Waals surface area (Å²) in [4.78, 5) is 20.9. The Kier molecular flexibility index (Phi) is 8.52. The number of pyridine rings is 1. The molecule has 0 unspecified atom stereocenters. The van der Waals surface area contributed by atoms with E-state index < -0.39 is 17.7 Å². The molecule has 3 aromatic carbocycles. The number of aromatic nitrogens is 2. The van der Waals surface area contributed by atoms with Crippen LogP contribution < -0.4 is 14.8 Å². The van der Waals surface area contributed by atoms with Gasteiger partial charge in [0.2, 0.25) is 5.91 Å². The van der Waals surface area contributed by atoms with Gasteiger partial charge in [-0.3, -0.25) is 4.79 Å². The van der Waals surface area contributed by atoms with Crippen LogP contribution in [0.25, 0.3) is 32.9 Å². The molecule has 3 saturated heterocycles. The molecule has 272 valence electrons. The number of ether oxygens (including phenoxy) is 2. The molecule has 1 N–H and O–H groups in total. The van der Waals surface area contributed by atoms with Gasteiger partial charge in [-0.25, -0.2) is 13.8 Å². The van der Waals surface area contributed by atoms with Crippen LogP contribution in [0.2, 0.25) is 10.0 Å². The van der Waals surface area contributed by atoms with Crippen LogP contribution in [0.5, 0.6) is 11.5 Å². The summed E-state index contributed by atoms with van der Waals surface area (Å²) in [7, 11) is 1.48. The van der Waals surface area contributed by atoms with Crippen molar-refractivity contribution in [3.63, 3.8) is 0 Å². The molecule has 5 atom stereocenters. The number of fused-ring (bicyclic) bond motifs is 4. The van der Waals surface area contributed by atoms with Crippen LogP contribution in [0, 0.1) is 41.7 Å². The van der Waals surface area contributed by atoms with Gasteiger partial charge in [0.1, 0.15) is 28.9 Å². The highest BCUT2D eigenvalue weighted by atomic mass is 35.5. The molecule has 5 aromatic rings. The first-order valence-corrected chi connectivity index (χ1v) is 18.9. The molecular formula is C41H37Cl2F2N5O3. The molecule has 5 fully saturated rings. The predicted octanol–water partition coefficient (Wildman–Crippen LogP) is 8.88. The molecule has 2 saturated carbocycles. The zero-order chi connectivity index (χ0) is 36.7. The second-order valence-corrected chi connectivity index (χ2v) is 15.6. The monoisotopic (exact) mass is 755 g/mol. The van der Waals surface area contributed by atoms with Gasteiger partial charge in [0.15, 0.2) is 5.82 Å². The lowest BCUT2D eigenvalue weighted by molar-refractivity contribution is -0.133. The number of hydrogen-bond acceptors (Lipinski definition) is 6. The second kappa shape index (κ2) is 13.2. The highest BCUT2D eigenvalue weighted by Crippen LogP contribution is 2.51. The van der Waals surface area contributed by atoms with E-state index in [-0.39, 0.29) is 46.9 Å². The quantitative estimate of drug-likeness (QED) is 0.162.